The SMILES string of the molecule is Cc1cnc2c(c1)nc(C(C)Cl)n2C(C)C(N)=O. The summed E-state index contributed by atoms with van der Waals surface area (Å²) in [7, 11) is 0. The van der Waals surface area contributed by atoms with Gasteiger partial charge in [-0.15, -0.1) is 11.6 Å². The topological polar surface area (TPSA) is 73.8 Å². The number of alkyl halides is 1. The summed E-state index contributed by atoms with van der Waals surface area (Å²) >= 11 is 6.11. The molecule has 6 heteroatoms. The summed E-state index contributed by atoms with van der Waals surface area (Å²) in [5.74, 6) is 0.173. The van der Waals surface area contributed by atoms with Crippen LogP contribution in [0.5, 0.6) is 0 Å². The van der Waals surface area contributed by atoms with Crippen LogP contribution in [0.25, 0.3) is 11.2 Å². The minimum atomic E-state index is -0.526. The molecule has 0 saturated carbocycles. The van der Waals surface area contributed by atoms with Gasteiger partial charge in [-0.2, -0.15) is 0 Å². The van der Waals surface area contributed by atoms with Crippen molar-refractivity contribution in [3.8, 4) is 0 Å². The number of imidazole rings is 1. The van der Waals surface area contributed by atoms with Gasteiger partial charge >= 0.3 is 0 Å². The van der Waals surface area contributed by atoms with Crippen molar-refractivity contribution in [3.05, 3.63) is 23.7 Å². The summed E-state index contributed by atoms with van der Waals surface area (Å²) < 4.78 is 1.70. The average Bonchev–Trinajstić information content (AvgIpc) is 2.66. The van der Waals surface area contributed by atoms with Crippen molar-refractivity contribution in [1.29, 1.82) is 0 Å². The fourth-order valence-corrected chi connectivity index (χ4v) is 2.04. The van der Waals surface area contributed by atoms with Crippen molar-refractivity contribution in [3.63, 3.8) is 0 Å². The minimum absolute atomic E-state index is 0.318. The Kier molecular flexibility index (Phi) is 3.26. The fraction of sp³-hybridized carbons (Fsp3) is 0.417. The van der Waals surface area contributed by atoms with Crippen LogP contribution in [0.15, 0.2) is 12.3 Å². The molecule has 0 aliphatic carbocycles. The molecule has 0 fully saturated rings. The number of nitrogens with two attached hydrogens (primary N) is 1. The lowest BCUT2D eigenvalue weighted by Crippen LogP contribution is -2.25. The normalized spacial score (nSPS) is 14.7. The molecule has 5 nitrogen and oxygen atoms in total. The summed E-state index contributed by atoms with van der Waals surface area (Å²) in [5.41, 5.74) is 7.73. The predicted octanol–water partition coefficient (Wildman–Crippen LogP) is 2.09. The largest absolute Gasteiger partial charge is 0.368 e. The highest BCUT2D eigenvalue weighted by Crippen LogP contribution is 2.27. The summed E-state index contributed by atoms with van der Waals surface area (Å²) in [5, 5.41) is -0.318. The third kappa shape index (κ3) is 2.06. The van der Waals surface area contributed by atoms with Crippen LogP contribution >= 0.6 is 11.6 Å². The fourth-order valence-electron chi connectivity index (χ4n) is 1.89. The molecule has 18 heavy (non-hydrogen) atoms. The Morgan fingerprint density at radius 1 is 1.50 bits per heavy atom. The van der Waals surface area contributed by atoms with E-state index in [0.717, 1.165) is 11.1 Å². The Bertz CT molecular complexity index is 605. The quantitative estimate of drug-likeness (QED) is 0.865. The zero-order valence-corrected chi connectivity index (χ0v) is 11.3. The maximum absolute atomic E-state index is 11.4. The van der Waals surface area contributed by atoms with E-state index in [-0.39, 0.29) is 5.38 Å². The molecule has 0 radical (unpaired) electrons. The van der Waals surface area contributed by atoms with Gasteiger partial charge < -0.3 is 5.73 Å². The molecule has 2 aromatic rings. The number of carbonyl (C=O) groups is 1. The molecule has 1 amide bonds. The Hall–Kier alpha value is -1.62. The zero-order chi connectivity index (χ0) is 13.4. The van der Waals surface area contributed by atoms with Crippen LogP contribution in [0, 0.1) is 6.92 Å². The predicted molar refractivity (Wildman–Crippen MR) is 70.4 cm³/mol. The molecule has 0 spiro atoms. The van der Waals surface area contributed by atoms with Gasteiger partial charge in [-0.25, -0.2) is 9.97 Å². The van der Waals surface area contributed by atoms with Gasteiger partial charge in [0.25, 0.3) is 0 Å². The molecule has 96 valence electrons. The van der Waals surface area contributed by atoms with Crippen molar-refractivity contribution in [2.45, 2.75) is 32.2 Å². The number of carbonyl (C=O) groups excluding carboxylic acids is 1. The second kappa shape index (κ2) is 4.57. The number of pyridine rings is 1. The van der Waals surface area contributed by atoms with Crippen LogP contribution < -0.4 is 5.73 Å². The van der Waals surface area contributed by atoms with Crippen molar-refractivity contribution >= 4 is 28.7 Å². The van der Waals surface area contributed by atoms with E-state index in [1.807, 2.05) is 13.0 Å². The molecule has 0 aliphatic heterocycles. The lowest BCUT2D eigenvalue weighted by Gasteiger charge is -2.14. The number of nitrogens with zero attached hydrogens (tertiary/aromatic N) is 3. The molecule has 2 unspecified atom stereocenters. The number of rotatable bonds is 3. The van der Waals surface area contributed by atoms with Crippen LogP contribution in [0.1, 0.15) is 36.7 Å². The lowest BCUT2D eigenvalue weighted by molar-refractivity contribution is -0.120. The van der Waals surface area contributed by atoms with E-state index >= 15 is 0 Å². The maximum Gasteiger partial charge on any atom is 0.240 e. The maximum atomic E-state index is 11.4. The molecule has 0 bridgehead atoms. The number of aryl methyl sites for hydroxylation is 1. The number of halogens is 1. The van der Waals surface area contributed by atoms with E-state index in [4.69, 9.17) is 17.3 Å². The van der Waals surface area contributed by atoms with Crippen molar-refractivity contribution in [1.82, 2.24) is 14.5 Å². The lowest BCUT2D eigenvalue weighted by atomic mass is 10.3. The summed E-state index contributed by atoms with van der Waals surface area (Å²) in [6.45, 7) is 5.46. The Labute approximate surface area is 110 Å². The van der Waals surface area contributed by atoms with Gasteiger partial charge in [0, 0.05) is 6.20 Å². The molecule has 0 aliphatic rings. The molecule has 0 saturated heterocycles. The minimum Gasteiger partial charge on any atom is -0.368 e. The molecule has 2 atom stereocenters. The van der Waals surface area contributed by atoms with E-state index in [9.17, 15) is 4.79 Å². The first-order valence-electron chi connectivity index (χ1n) is 5.69. The van der Waals surface area contributed by atoms with Gasteiger partial charge in [0.15, 0.2) is 5.65 Å². The van der Waals surface area contributed by atoms with Gasteiger partial charge in [-0.1, -0.05) is 0 Å². The number of fused-ring (bicyclic) bond motifs is 1. The van der Waals surface area contributed by atoms with Gasteiger partial charge in [-0.05, 0) is 32.4 Å². The monoisotopic (exact) mass is 266 g/mol. The highest BCUT2D eigenvalue weighted by molar-refractivity contribution is 6.20. The summed E-state index contributed by atoms with van der Waals surface area (Å²) in [6.07, 6.45) is 1.73. The van der Waals surface area contributed by atoms with Crippen LogP contribution in [-0.2, 0) is 4.79 Å². The van der Waals surface area contributed by atoms with E-state index in [1.54, 1.807) is 24.6 Å². The molecule has 2 heterocycles. The molecular formula is C12H15ClN4O. The van der Waals surface area contributed by atoms with Gasteiger partial charge in [0.1, 0.15) is 17.4 Å². The third-order valence-electron chi connectivity index (χ3n) is 2.85. The van der Waals surface area contributed by atoms with E-state index in [0.29, 0.717) is 11.5 Å². The van der Waals surface area contributed by atoms with Crippen LogP contribution in [0.3, 0.4) is 0 Å². The standard InChI is InChI=1S/C12H15ClN4O/c1-6-4-9-12(15-5-6)17(8(3)10(14)18)11(16-9)7(2)13/h4-5,7-8H,1-3H3,(H2,14,18). The second-order valence-corrected chi connectivity index (χ2v) is 5.04. The van der Waals surface area contributed by atoms with Crippen molar-refractivity contribution < 1.29 is 4.79 Å². The van der Waals surface area contributed by atoms with E-state index in [2.05, 4.69) is 9.97 Å². The van der Waals surface area contributed by atoms with E-state index in [1.165, 1.54) is 0 Å². The first kappa shape index (κ1) is 12.8. The molecule has 2 N–H and O–H groups in total. The van der Waals surface area contributed by atoms with Gasteiger partial charge in [-0.3, -0.25) is 9.36 Å². The summed E-state index contributed by atoms with van der Waals surface area (Å²) in [6, 6.07) is 1.39. The Balaban J connectivity index is 2.74. The highest BCUT2D eigenvalue weighted by Gasteiger charge is 2.22. The Morgan fingerprint density at radius 2 is 2.17 bits per heavy atom. The van der Waals surface area contributed by atoms with E-state index < -0.39 is 11.9 Å². The molecule has 2 aromatic heterocycles. The molecular weight excluding hydrogens is 252 g/mol. The van der Waals surface area contributed by atoms with Crippen LogP contribution in [-0.4, -0.2) is 20.4 Å². The number of hydrogen-bond donors (Lipinski definition) is 1. The van der Waals surface area contributed by atoms with Gasteiger partial charge in [0.05, 0.1) is 5.38 Å². The summed E-state index contributed by atoms with van der Waals surface area (Å²) in [4.78, 5) is 20.1. The van der Waals surface area contributed by atoms with Gasteiger partial charge in [0.2, 0.25) is 5.91 Å². The molecule has 0 aromatic carbocycles. The van der Waals surface area contributed by atoms with Crippen LogP contribution in [0.2, 0.25) is 0 Å². The van der Waals surface area contributed by atoms with Crippen LogP contribution in [0.4, 0.5) is 0 Å². The number of primary amides is 1. The second-order valence-electron chi connectivity index (χ2n) is 4.39. The molecule has 2 rings (SSSR count). The first-order valence-corrected chi connectivity index (χ1v) is 6.13. The Morgan fingerprint density at radius 3 is 2.72 bits per heavy atom. The number of hydrogen-bond acceptors (Lipinski definition) is 3. The number of aromatic nitrogens is 3. The smallest absolute Gasteiger partial charge is 0.240 e. The average molecular weight is 267 g/mol. The first-order chi connectivity index (χ1) is 8.41. The van der Waals surface area contributed by atoms with Crippen molar-refractivity contribution in [2.24, 2.45) is 5.73 Å². The van der Waals surface area contributed by atoms with Crippen molar-refractivity contribution in [2.75, 3.05) is 0 Å². The highest BCUT2D eigenvalue weighted by atomic mass is 35.5. The third-order valence-corrected chi connectivity index (χ3v) is 3.04. The zero-order valence-electron chi connectivity index (χ0n) is 10.5. The number of amides is 1.